The van der Waals surface area contributed by atoms with Crippen LogP contribution >= 0.6 is 0 Å². The minimum Gasteiger partial charge on any atom is -0.0910 e. The Morgan fingerprint density at radius 3 is 2.53 bits per heavy atom. The molecule has 0 spiro atoms. The quantitative estimate of drug-likeness (QED) is 0.641. The van der Waals surface area contributed by atoms with Crippen LogP contribution in [0.4, 0.5) is 0 Å². The van der Waals surface area contributed by atoms with E-state index in [1.165, 1.54) is 11.1 Å². The average Bonchev–Trinajstić information content (AvgIpc) is 2.36. The van der Waals surface area contributed by atoms with Crippen molar-refractivity contribution in [3.05, 3.63) is 71.8 Å². The molecule has 0 saturated carbocycles. The molecule has 0 saturated heterocycles. The summed E-state index contributed by atoms with van der Waals surface area (Å²) in [6.45, 7) is 6.66. The highest BCUT2D eigenvalue weighted by Gasteiger charge is 2.35. The molecule has 88 valence electrons. The van der Waals surface area contributed by atoms with E-state index in [1.807, 2.05) is 0 Å². The van der Waals surface area contributed by atoms with Crippen molar-refractivity contribution < 1.29 is 0 Å². The lowest BCUT2D eigenvalue weighted by atomic mass is 9.65. The molecule has 0 aromatic heterocycles. The summed E-state index contributed by atoms with van der Waals surface area (Å²) < 4.78 is 0. The zero-order valence-corrected chi connectivity index (χ0v) is 10.9. The Morgan fingerprint density at radius 1 is 1.18 bits per heavy atom. The third-order valence-corrected chi connectivity index (χ3v) is 3.92. The molecule has 0 heterocycles. The number of rotatable bonds is 2. The lowest BCUT2D eigenvalue weighted by Crippen LogP contribution is -2.32. The Balaban J connectivity index is 2.52. The van der Waals surface area contributed by atoms with Crippen molar-refractivity contribution >= 4 is 0 Å². The van der Waals surface area contributed by atoms with E-state index in [4.69, 9.17) is 0 Å². The smallest absolute Gasteiger partial charge is 0.0231 e. The predicted octanol–water partition coefficient (Wildman–Crippen LogP) is 4.65. The first-order chi connectivity index (χ1) is 8.19. The van der Waals surface area contributed by atoms with Gasteiger partial charge in [-0.15, -0.1) is 0 Å². The van der Waals surface area contributed by atoms with Crippen LogP contribution < -0.4 is 0 Å². The van der Waals surface area contributed by atoms with Gasteiger partial charge in [-0.25, -0.2) is 0 Å². The minimum absolute atomic E-state index is 0.0858. The number of hydrogen-bond donors (Lipinski definition) is 0. The van der Waals surface area contributed by atoms with Gasteiger partial charge >= 0.3 is 0 Å². The van der Waals surface area contributed by atoms with Crippen LogP contribution in [0.25, 0.3) is 0 Å². The monoisotopic (exact) mass is 224 g/mol. The largest absolute Gasteiger partial charge is 0.0910 e. The molecule has 2 rings (SSSR count). The van der Waals surface area contributed by atoms with E-state index < -0.39 is 0 Å². The number of allylic oxidation sites excluding steroid dienone is 6. The summed E-state index contributed by atoms with van der Waals surface area (Å²) in [6.07, 6.45) is 11.1. The fourth-order valence-corrected chi connectivity index (χ4v) is 2.62. The maximum Gasteiger partial charge on any atom is 0.0231 e. The molecular formula is C17H20. The van der Waals surface area contributed by atoms with Crippen molar-refractivity contribution in [2.75, 3.05) is 0 Å². The molecule has 0 nitrogen and oxygen atoms in total. The van der Waals surface area contributed by atoms with Crippen molar-refractivity contribution in [3.63, 3.8) is 0 Å². The molecule has 0 aliphatic heterocycles. The second-order valence-corrected chi connectivity index (χ2v) is 4.85. The van der Waals surface area contributed by atoms with Crippen LogP contribution in [-0.2, 0) is 5.41 Å². The van der Waals surface area contributed by atoms with Gasteiger partial charge in [0.25, 0.3) is 0 Å². The van der Waals surface area contributed by atoms with Gasteiger partial charge in [0.1, 0.15) is 0 Å². The Hall–Kier alpha value is -1.56. The molecule has 17 heavy (non-hydrogen) atoms. The van der Waals surface area contributed by atoms with E-state index >= 15 is 0 Å². The van der Waals surface area contributed by atoms with Crippen molar-refractivity contribution in [2.24, 2.45) is 5.92 Å². The fraction of sp³-hybridized carbons (Fsp3) is 0.294. The van der Waals surface area contributed by atoms with Crippen LogP contribution in [0, 0.1) is 5.92 Å². The summed E-state index contributed by atoms with van der Waals surface area (Å²) in [6, 6.07) is 10.8. The van der Waals surface area contributed by atoms with Gasteiger partial charge in [0, 0.05) is 11.3 Å². The van der Waals surface area contributed by atoms with Crippen LogP contribution in [0.3, 0.4) is 0 Å². The van der Waals surface area contributed by atoms with Gasteiger partial charge in [0.05, 0.1) is 0 Å². The van der Waals surface area contributed by atoms with Crippen LogP contribution in [0.15, 0.2) is 66.3 Å². The van der Waals surface area contributed by atoms with Gasteiger partial charge in [0.2, 0.25) is 0 Å². The second kappa shape index (κ2) is 4.75. The lowest BCUT2D eigenvalue weighted by Gasteiger charge is -2.38. The van der Waals surface area contributed by atoms with Crippen molar-refractivity contribution in [3.8, 4) is 0 Å². The topological polar surface area (TPSA) is 0 Å². The Kier molecular flexibility index (Phi) is 3.33. The van der Waals surface area contributed by atoms with Crippen molar-refractivity contribution in [1.82, 2.24) is 0 Å². The van der Waals surface area contributed by atoms with E-state index in [1.54, 1.807) is 0 Å². The van der Waals surface area contributed by atoms with Gasteiger partial charge in [0.15, 0.2) is 0 Å². The molecular weight excluding hydrogens is 204 g/mol. The van der Waals surface area contributed by atoms with Crippen LogP contribution in [0.5, 0.6) is 0 Å². The predicted molar refractivity (Wildman–Crippen MR) is 75.0 cm³/mol. The van der Waals surface area contributed by atoms with E-state index in [0.29, 0.717) is 5.92 Å². The highest BCUT2D eigenvalue weighted by molar-refractivity contribution is 5.43. The standard InChI is InChI=1S/C17H20/c1-4-9-15-13-8-10-14(2)17(15,3)16-11-6-5-7-12-16/h4-13,15H,1-3H3. The molecule has 0 fully saturated rings. The zero-order chi connectivity index (χ0) is 12.3. The third kappa shape index (κ3) is 2.00. The average molecular weight is 224 g/mol. The third-order valence-electron chi connectivity index (χ3n) is 3.92. The molecule has 0 bridgehead atoms. The zero-order valence-electron chi connectivity index (χ0n) is 10.9. The highest BCUT2D eigenvalue weighted by Crippen LogP contribution is 2.42. The maximum atomic E-state index is 2.34. The Morgan fingerprint density at radius 2 is 1.88 bits per heavy atom. The SMILES string of the molecule is CC=CC1C=CC=C(C)C1(C)c1ccccc1. The Bertz CT molecular complexity index is 462. The fourth-order valence-electron chi connectivity index (χ4n) is 2.62. The van der Waals surface area contributed by atoms with Gasteiger partial charge in [-0.1, -0.05) is 73.2 Å². The molecule has 0 amide bonds. The molecule has 1 aromatic rings. The summed E-state index contributed by atoms with van der Waals surface area (Å²) in [5.74, 6) is 0.444. The van der Waals surface area contributed by atoms with E-state index in [9.17, 15) is 0 Å². The normalized spacial score (nSPS) is 28.4. The van der Waals surface area contributed by atoms with E-state index in [0.717, 1.165) is 0 Å². The van der Waals surface area contributed by atoms with Gasteiger partial charge < -0.3 is 0 Å². The highest BCUT2D eigenvalue weighted by atomic mass is 14.4. The summed E-state index contributed by atoms with van der Waals surface area (Å²) >= 11 is 0. The molecule has 0 heteroatoms. The molecule has 0 N–H and O–H groups in total. The van der Waals surface area contributed by atoms with Gasteiger partial charge in [-0.2, -0.15) is 0 Å². The Labute approximate surface area is 104 Å². The maximum absolute atomic E-state index is 2.34. The lowest BCUT2D eigenvalue weighted by molar-refractivity contribution is 0.467. The van der Waals surface area contributed by atoms with Crippen LogP contribution in [-0.4, -0.2) is 0 Å². The summed E-state index contributed by atoms with van der Waals surface area (Å²) in [4.78, 5) is 0. The molecule has 1 aliphatic rings. The second-order valence-electron chi connectivity index (χ2n) is 4.85. The summed E-state index contributed by atoms with van der Waals surface area (Å²) in [7, 11) is 0. The minimum atomic E-state index is 0.0858. The number of benzene rings is 1. The van der Waals surface area contributed by atoms with Crippen molar-refractivity contribution in [2.45, 2.75) is 26.2 Å². The first-order valence-electron chi connectivity index (χ1n) is 6.23. The first kappa shape index (κ1) is 11.9. The summed E-state index contributed by atoms with van der Waals surface area (Å²) in [5.41, 5.74) is 2.90. The summed E-state index contributed by atoms with van der Waals surface area (Å²) in [5, 5.41) is 0. The number of hydrogen-bond acceptors (Lipinski definition) is 0. The molecule has 2 unspecified atom stereocenters. The molecule has 0 radical (unpaired) electrons. The van der Waals surface area contributed by atoms with Crippen LogP contribution in [0.1, 0.15) is 26.3 Å². The van der Waals surface area contributed by atoms with E-state index in [2.05, 4.69) is 81.5 Å². The van der Waals surface area contributed by atoms with Crippen molar-refractivity contribution in [1.29, 1.82) is 0 Å². The molecule has 2 atom stereocenters. The molecule has 1 aliphatic carbocycles. The van der Waals surface area contributed by atoms with Crippen LogP contribution in [0.2, 0.25) is 0 Å². The molecule has 1 aromatic carbocycles. The van der Waals surface area contributed by atoms with Gasteiger partial charge in [-0.05, 0) is 19.4 Å². The first-order valence-corrected chi connectivity index (χ1v) is 6.23. The van der Waals surface area contributed by atoms with Gasteiger partial charge in [-0.3, -0.25) is 0 Å². The van der Waals surface area contributed by atoms with E-state index in [-0.39, 0.29) is 5.41 Å².